The van der Waals surface area contributed by atoms with Crippen molar-refractivity contribution in [3.8, 4) is 0 Å². The lowest BCUT2D eigenvalue weighted by Crippen LogP contribution is -2.50. The average molecular weight is 369 g/mol. The largest absolute Gasteiger partial charge is 0.352 e. The number of carbonyl (C=O) groups is 2. The summed E-state index contributed by atoms with van der Waals surface area (Å²) in [6.07, 6.45) is 9.78. The zero-order valence-electron chi connectivity index (χ0n) is 15.6. The third-order valence-electron chi connectivity index (χ3n) is 5.71. The summed E-state index contributed by atoms with van der Waals surface area (Å²) in [6, 6.07) is 4.18. The van der Waals surface area contributed by atoms with Crippen molar-refractivity contribution in [1.29, 1.82) is 0 Å². The maximum Gasteiger partial charge on any atom is 0.237 e. The fraction of sp³-hybridized carbons (Fsp3) is 0.550. The summed E-state index contributed by atoms with van der Waals surface area (Å²) in [7, 11) is 0. The molecule has 1 atom stereocenters. The van der Waals surface area contributed by atoms with Crippen molar-refractivity contribution in [3.63, 3.8) is 0 Å². The Kier molecular flexibility index (Phi) is 5.38. The molecule has 27 heavy (non-hydrogen) atoms. The fourth-order valence-electron chi connectivity index (χ4n) is 4.08. The number of aryl methyl sites for hydroxylation is 1. The first-order chi connectivity index (χ1) is 13.2. The van der Waals surface area contributed by atoms with E-state index in [-0.39, 0.29) is 23.9 Å². The van der Waals surface area contributed by atoms with Gasteiger partial charge >= 0.3 is 0 Å². The van der Waals surface area contributed by atoms with Gasteiger partial charge in [-0.1, -0.05) is 0 Å². The first kappa shape index (κ1) is 18.0. The van der Waals surface area contributed by atoms with Crippen LogP contribution in [0.5, 0.6) is 0 Å². The molecule has 0 saturated carbocycles. The molecule has 144 valence electrons. The average Bonchev–Trinajstić information content (AvgIpc) is 3.37. The highest BCUT2D eigenvalue weighted by Gasteiger charge is 2.27. The second-order valence-corrected chi connectivity index (χ2v) is 7.51. The highest BCUT2D eigenvalue weighted by atomic mass is 16.2. The maximum absolute atomic E-state index is 12.6. The van der Waals surface area contributed by atoms with Crippen molar-refractivity contribution >= 4 is 22.7 Å². The molecule has 0 bridgehead atoms. The molecule has 4 heterocycles. The number of carbonyl (C=O) groups excluding carboxylic acids is 2. The summed E-state index contributed by atoms with van der Waals surface area (Å²) in [6.45, 7) is 3.03. The van der Waals surface area contributed by atoms with Crippen LogP contribution in [0.1, 0.15) is 32.1 Å². The molecule has 7 nitrogen and oxygen atoms in total. The molecule has 2 aliphatic heterocycles. The second kappa shape index (κ2) is 8.08. The van der Waals surface area contributed by atoms with Gasteiger partial charge in [-0.15, -0.1) is 0 Å². The normalized spacial score (nSPS) is 20.9. The van der Waals surface area contributed by atoms with Gasteiger partial charge in [0.2, 0.25) is 11.8 Å². The van der Waals surface area contributed by atoms with Gasteiger partial charge in [0.05, 0.1) is 17.8 Å². The molecule has 2 saturated heterocycles. The van der Waals surface area contributed by atoms with Crippen molar-refractivity contribution in [1.82, 2.24) is 25.1 Å². The number of piperidine rings is 1. The molecule has 2 aromatic heterocycles. The Balaban J connectivity index is 1.23. The van der Waals surface area contributed by atoms with E-state index in [1.807, 2.05) is 23.4 Å². The number of hydrogen-bond acceptors (Lipinski definition) is 4. The van der Waals surface area contributed by atoms with Gasteiger partial charge in [0.15, 0.2) is 0 Å². The zero-order chi connectivity index (χ0) is 18.6. The van der Waals surface area contributed by atoms with Gasteiger partial charge in [-0.2, -0.15) is 0 Å². The minimum Gasteiger partial charge on any atom is -0.352 e. The van der Waals surface area contributed by atoms with Crippen LogP contribution in [0, 0.1) is 0 Å². The van der Waals surface area contributed by atoms with E-state index in [0.717, 1.165) is 56.2 Å². The van der Waals surface area contributed by atoms with E-state index in [1.165, 1.54) is 0 Å². The predicted molar refractivity (Wildman–Crippen MR) is 103 cm³/mol. The summed E-state index contributed by atoms with van der Waals surface area (Å²) in [4.78, 5) is 30.9. The van der Waals surface area contributed by atoms with Gasteiger partial charge in [-0.25, -0.2) is 0 Å². The minimum atomic E-state index is -0.0319. The lowest BCUT2D eigenvalue weighted by atomic mass is 10.0. The Morgan fingerprint density at radius 3 is 2.85 bits per heavy atom. The Morgan fingerprint density at radius 1 is 1.22 bits per heavy atom. The Bertz CT molecular complexity index is 804. The number of hydrogen-bond donors (Lipinski definition) is 2. The molecule has 2 N–H and O–H groups in total. The summed E-state index contributed by atoms with van der Waals surface area (Å²) >= 11 is 0. The first-order valence-corrected chi connectivity index (χ1v) is 9.91. The van der Waals surface area contributed by atoms with Crippen molar-refractivity contribution in [2.75, 3.05) is 19.6 Å². The Hall–Kier alpha value is -2.41. The molecule has 7 heteroatoms. The number of likely N-dealkylation sites (tertiary alicyclic amines) is 1. The van der Waals surface area contributed by atoms with Crippen molar-refractivity contribution in [3.05, 3.63) is 30.7 Å². The molecule has 0 spiro atoms. The number of amides is 2. The third-order valence-corrected chi connectivity index (χ3v) is 5.71. The summed E-state index contributed by atoms with van der Waals surface area (Å²) in [5, 5.41) is 7.52. The molecule has 1 unspecified atom stereocenters. The number of nitrogens with zero attached hydrogens (tertiary/aromatic N) is 3. The highest BCUT2D eigenvalue weighted by Crippen LogP contribution is 2.16. The standard InChI is InChI=1S/C20H27N5O2/c26-19(7-13-24-10-4-15-3-9-21-14-18(15)24)25-11-5-16(6-12-25)23-20(27)17-2-1-8-22-17/h3-4,9-10,14,16-17,22H,1-2,5-8,11-13H2,(H,23,27). The zero-order valence-corrected chi connectivity index (χ0v) is 15.6. The molecule has 2 aromatic rings. The summed E-state index contributed by atoms with van der Waals surface area (Å²) in [5.74, 6) is 0.299. The van der Waals surface area contributed by atoms with Gasteiger partial charge in [0, 0.05) is 49.9 Å². The molecule has 0 radical (unpaired) electrons. The number of aromatic nitrogens is 2. The van der Waals surface area contributed by atoms with E-state index >= 15 is 0 Å². The molecule has 2 amide bonds. The predicted octanol–water partition coefficient (Wildman–Crippen LogP) is 1.29. The van der Waals surface area contributed by atoms with Gasteiger partial charge in [0.1, 0.15) is 0 Å². The van der Waals surface area contributed by atoms with Crippen LogP contribution in [-0.4, -0.2) is 58.0 Å². The monoisotopic (exact) mass is 369 g/mol. The van der Waals surface area contributed by atoms with Crippen LogP contribution in [0.25, 0.3) is 10.9 Å². The lowest BCUT2D eigenvalue weighted by Gasteiger charge is -2.33. The lowest BCUT2D eigenvalue weighted by molar-refractivity contribution is -0.132. The van der Waals surface area contributed by atoms with E-state index in [4.69, 9.17) is 0 Å². The quantitative estimate of drug-likeness (QED) is 0.832. The SMILES string of the molecule is O=C(NC1CCN(C(=O)CCn2ccc3ccncc32)CC1)C1CCCN1. The molecule has 0 aromatic carbocycles. The Morgan fingerprint density at radius 2 is 2.07 bits per heavy atom. The van der Waals surface area contributed by atoms with Crippen LogP contribution in [0.15, 0.2) is 30.7 Å². The highest BCUT2D eigenvalue weighted by molar-refractivity contribution is 5.82. The number of fused-ring (bicyclic) bond motifs is 1. The van der Waals surface area contributed by atoms with Gasteiger partial charge in [0.25, 0.3) is 0 Å². The molecular weight excluding hydrogens is 342 g/mol. The van der Waals surface area contributed by atoms with Gasteiger partial charge < -0.3 is 20.1 Å². The van der Waals surface area contributed by atoms with Crippen molar-refractivity contribution in [2.45, 2.75) is 50.7 Å². The topological polar surface area (TPSA) is 79.3 Å². The van der Waals surface area contributed by atoms with Crippen molar-refractivity contribution in [2.24, 2.45) is 0 Å². The molecular formula is C20H27N5O2. The molecule has 2 fully saturated rings. The number of rotatable bonds is 5. The Labute approximate surface area is 159 Å². The van der Waals surface area contributed by atoms with Crippen LogP contribution < -0.4 is 10.6 Å². The van der Waals surface area contributed by atoms with E-state index in [2.05, 4.69) is 26.3 Å². The van der Waals surface area contributed by atoms with Crippen LogP contribution in [0.2, 0.25) is 0 Å². The van der Waals surface area contributed by atoms with Gasteiger partial charge in [-0.05, 0) is 44.4 Å². The maximum atomic E-state index is 12.6. The first-order valence-electron chi connectivity index (χ1n) is 9.91. The number of nitrogens with one attached hydrogen (secondary N) is 2. The van der Waals surface area contributed by atoms with Crippen LogP contribution >= 0.6 is 0 Å². The molecule has 2 aliphatic rings. The smallest absolute Gasteiger partial charge is 0.237 e. The third kappa shape index (κ3) is 4.13. The number of pyridine rings is 1. The van der Waals surface area contributed by atoms with Crippen LogP contribution in [0.3, 0.4) is 0 Å². The van der Waals surface area contributed by atoms with Crippen LogP contribution in [0.4, 0.5) is 0 Å². The van der Waals surface area contributed by atoms with E-state index in [1.54, 1.807) is 6.20 Å². The van der Waals surface area contributed by atoms with Gasteiger partial charge in [-0.3, -0.25) is 14.6 Å². The van der Waals surface area contributed by atoms with Crippen LogP contribution in [-0.2, 0) is 16.1 Å². The fourth-order valence-corrected chi connectivity index (χ4v) is 4.08. The second-order valence-electron chi connectivity index (χ2n) is 7.51. The molecule has 4 rings (SSSR count). The summed E-state index contributed by atoms with van der Waals surface area (Å²) < 4.78 is 2.09. The minimum absolute atomic E-state index is 0.0319. The van der Waals surface area contributed by atoms with Crippen molar-refractivity contribution < 1.29 is 9.59 Å². The van der Waals surface area contributed by atoms with E-state index in [0.29, 0.717) is 13.0 Å². The summed E-state index contributed by atoms with van der Waals surface area (Å²) in [5.41, 5.74) is 1.06. The van der Waals surface area contributed by atoms with E-state index in [9.17, 15) is 9.59 Å². The molecule has 0 aliphatic carbocycles. The van der Waals surface area contributed by atoms with E-state index < -0.39 is 0 Å².